The number of halogens is 7. The topological polar surface area (TPSA) is 35.9 Å². The molecule has 4 nitrogen and oxygen atoms in total. The summed E-state index contributed by atoms with van der Waals surface area (Å²) in [5.41, 5.74) is -0.134. The summed E-state index contributed by atoms with van der Waals surface area (Å²) in [6, 6.07) is 7.16. The van der Waals surface area contributed by atoms with Gasteiger partial charge in [0.1, 0.15) is 12.4 Å². The Morgan fingerprint density at radius 2 is 1.69 bits per heavy atom. The van der Waals surface area contributed by atoms with Crippen LogP contribution in [0.1, 0.15) is 16.7 Å². The highest BCUT2D eigenvalue weighted by molar-refractivity contribution is 8.14. The van der Waals surface area contributed by atoms with Crippen LogP contribution in [-0.4, -0.2) is 34.7 Å². The maximum absolute atomic E-state index is 14.4. The van der Waals surface area contributed by atoms with Crippen LogP contribution < -0.4 is 4.90 Å². The molecule has 172 valence electrons. The van der Waals surface area contributed by atoms with Crippen LogP contribution in [0.2, 0.25) is 0 Å². The summed E-state index contributed by atoms with van der Waals surface area (Å²) >= 11 is 0.793. The first-order chi connectivity index (χ1) is 14.8. The highest BCUT2D eigenvalue weighted by Crippen LogP contribution is 2.32. The summed E-state index contributed by atoms with van der Waals surface area (Å²) in [4.78, 5) is 18.5. The van der Waals surface area contributed by atoms with Crippen molar-refractivity contribution >= 4 is 28.6 Å². The Kier molecular flexibility index (Phi) is 6.72. The van der Waals surface area contributed by atoms with Crippen molar-refractivity contribution in [2.24, 2.45) is 4.99 Å². The summed E-state index contributed by atoms with van der Waals surface area (Å²) in [5.74, 6) is -0.872. The van der Waals surface area contributed by atoms with Crippen molar-refractivity contribution in [3.8, 4) is 0 Å². The second-order valence-corrected chi connectivity index (χ2v) is 7.85. The first-order valence-corrected chi connectivity index (χ1v) is 10.1. The molecule has 1 saturated heterocycles. The standard InChI is InChI=1S/C20H16F7N3OS/c1-12-2-7-16(15(21)8-12)30-11-32-17(28-10-19(22,23)24)29(18(30)31)9-13-3-5-14(6-4-13)20(25,26)27/h2-8H,9-11H2,1H3/b28-17+. The predicted molar refractivity (Wildman–Crippen MR) is 107 cm³/mol. The number of urea groups is 1. The molecule has 1 fully saturated rings. The number of aliphatic imine (C=N–C) groups is 1. The van der Waals surface area contributed by atoms with Crippen LogP contribution in [-0.2, 0) is 12.7 Å². The quantitative estimate of drug-likeness (QED) is 0.490. The minimum absolute atomic E-state index is 0.0691. The number of benzene rings is 2. The average molecular weight is 479 g/mol. The lowest BCUT2D eigenvalue weighted by molar-refractivity contribution is -0.137. The molecule has 2 aromatic carbocycles. The highest BCUT2D eigenvalue weighted by Gasteiger charge is 2.36. The molecule has 3 rings (SSSR count). The molecule has 1 aliphatic heterocycles. The third kappa shape index (κ3) is 5.72. The number of carbonyl (C=O) groups excluding carboxylic acids is 1. The maximum atomic E-state index is 14.4. The van der Waals surface area contributed by atoms with E-state index in [2.05, 4.69) is 4.99 Å². The lowest BCUT2D eigenvalue weighted by Crippen LogP contribution is -2.50. The van der Waals surface area contributed by atoms with Crippen molar-refractivity contribution in [2.45, 2.75) is 25.8 Å². The summed E-state index contributed by atoms with van der Waals surface area (Å²) in [5, 5.41) is -0.254. The lowest BCUT2D eigenvalue weighted by Gasteiger charge is -2.36. The van der Waals surface area contributed by atoms with Gasteiger partial charge in [0.2, 0.25) is 0 Å². The fraction of sp³-hybridized carbons (Fsp3) is 0.300. The molecule has 2 amide bonds. The molecule has 2 aromatic rings. The van der Waals surface area contributed by atoms with E-state index >= 15 is 0 Å². The van der Waals surface area contributed by atoms with Gasteiger partial charge < -0.3 is 0 Å². The Balaban J connectivity index is 1.92. The Bertz CT molecular complexity index is 1020. The fourth-order valence-electron chi connectivity index (χ4n) is 2.89. The normalized spacial score (nSPS) is 16.8. The predicted octanol–water partition coefficient (Wildman–Crippen LogP) is 6.20. The molecule has 32 heavy (non-hydrogen) atoms. The van der Waals surface area contributed by atoms with Crippen LogP contribution in [0.15, 0.2) is 47.5 Å². The number of amidine groups is 1. The number of alkyl halides is 6. The van der Waals surface area contributed by atoms with E-state index in [1.54, 1.807) is 13.0 Å². The van der Waals surface area contributed by atoms with Crippen LogP contribution in [0.25, 0.3) is 0 Å². The SMILES string of the molecule is Cc1ccc(N2CS/C(=N/CC(F)(F)F)N(Cc3ccc(C(F)(F)F)cc3)C2=O)c(F)c1. The smallest absolute Gasteiger partial charge is 0.281 e. The van der Waals surface area contributed by atoms with Gasteiger partial charge in [-0.3, -0.25) is 14.8 Å². The van der Waals surface area contributed by atoms with Crippen molar-refractivity contribution < 1.29 is 35.5 Å². The van der Waals surface area contributed by atoms with Crippen molar-refractivity contribution in [1.82, 2.24) is 4.90 Å². The number of nitrogens with zero attached hydrogens (tertiary/aromatic N) is 3. The number of aryl methyl sites for hydroxylation is 1. The number of thioether (sulfide) groups is 1. The third-order valence-corrected chi connectivity index (χ3v) is 5.42. The number of hydrogen-bond donors (Lipinski definition) is 0. The van der Waals surface area contributed by atoms with Crippen molar-refractivity contribution in [3.05, 3.63) is 65.0 Å². The van der Waals surface area contributed by atoms with Crippen molar-refractivity contribution in [1.29, 1.82) is 0 Å². The molecular weight excluding hydrogens is 463 g/mol. The summed E-state index contributed by atoms with van der Waals surface area (Å²) in [6.07, 6.45) is -9.18. The van der Waals surface area contributed by atoms with Crippen LogP contribution in [0.3, 0.4) is 0 Å². The van der Waals surface area contributed by atoms with Crippen LogP contribution >= 0.6 is 11.8 Å². The molecule has 12 heteroatoms. The highest BCUT2D eigenvalue weighted by atomic mass is 32.2. The molecule has 0 aromatic heterocycles. The van der Waals surface area contributed by atoms with Gasteiger partial charge in [-0.25, -0.2) is 9.18 Å². The average Bonchev–Trinajstić information content (AvgIpc) is 2.68. The largest absolute Gasteiger partial charge is 0.416 e. The van der Waals surface area contributed by atoms with Crippen LogP contribution in [0.5, 0.6) is 0 Å². The first kappa shape index (κ1) is 23.9. The Labute approximate surface area is 182 Å². The molecule has 1 aliphatic rings. The molecular formula is C20H16F7N3OS. The van der Waals surface area contributed by atoms with E-state index in [0.29, 0.717) is 5.56 Å². The van der Waals surface area contributed by atoms with E-state index in [1.807, 2.05) is 0 Å². The molecule has 0 spiro atoms. The van der Waals surface area contributed by atoms with Gasteiger partial charge in [0.25, 0.3) is 0 Å². The molecule has 0 aliphatic carbocycles. The second-order valence-electron chi connectivity index (χ2n) is 6.93. The van der Waals surface area contributed by atoms with Gasteiger partial charge in [-0.15, -0.1) is 0 Å². The number of carbonyl (C=O) groups is 1. The molecule has 0 atom stereocenters. The van der Waals surface area contributed by atoms with E-state index in [9.17, 15) is 35.5 Å². The van der Waals surface area contributed by atoms with Gasteiger partial charge >= 0.3 is 18.4 Å². The van der Waals surface area contributed by atoms with Gasteiger partial charge in [0.05, 0.1) is 23.7 Å². The Morgan fingerprint density at radius 3 is 2.25 bits per heavy atom. The Morgan fingerprint density at radius 1 is 1.03 bits per heavy atom. The minimum atomic E-state index is -4.61. The van der Waals surface area contributed by atoms with Crippen LogP contribution in [0, 0.1) is 12.7 Å². The zero-order valence-electron chi connectivity index (χ0n) is 16.5. The first-order valence-electron chi connectivity index (χ1n) is 9.10. The number of anilines is 1. The number of rotatable bonds is 4. The summed E-state index contributed by atoms with van der Waals surface area (Å²) in [6.45, 7) is -0.228. The monoisotopic (exact) mass is 479 g/mol. The van der Waals surface area contributed by atoms with Gasteiger partial charge in [-0.2, -0.15) is 26.3 Å². The molecule has 0 saturated carbocycles. The molecule has 0 bridgehead atoms. The van der Waals surface area contributed by atoms with E-state index in [4.69, 9.17) is 0 Å². The van der Waals surface area contributed by atoms with Gasteiger partial charge in [-0.1, -0.05) is 30.0 Å². The third-order valence-electron chi connectivity index (χ3n) is 4.42. The molecule has 0 N–H and O–H groups in total. The summed E-state index contributed by atoms with van der Waals surface area (Å²) < 4.78 is 90.8. The van der Waals surface area contributed by atoms with Crippen molar-refractivity contribution in [3.63, 3.8) is 0 Å². The lowest BCUT2D eigenvalue weighted by atomic mass is 10.1. The number of hydrogen-bond acceptors (Lipinski definition) is 3. The molecule has 1 heterocycles. The Hall–Kier alpha value is -2.76. The number of amides is 2. The van der Waals surface area contributed by atoms with E-state index in [0.717, 1.165) is 45.8 Å². The maximum Gasteiger partial charge on any atom is 0.416 e. The second kappa shape index (κ2) is 9.00. The molecule has 0 radical (unpaired) electrons. The van der Waals surface area contributed by atoms with E-state index in [-0.39, 0.29) is 28.8 Å². The zero-order valence-corrected chi connectivity index (χ0v) is 17.3. The van der Waals surface area contributed by atoms with Gasteiger partial charge in [-0.05, 0) is 42.3 Å². The summed E-state index contributed by atoms with van der Waals surface area (Å²) in [7, 11) is 0. The minimum Gasteiger partial charge on any atom is -0.281 e. The van der Waals surface area contributed by atoms with Gasteiger partial charge in [0, 0.05) is 0 Å². The fourth-order valence-corrected chi connectivity index (χ4v) is 3.84. The van der Waals surface area contributed by atoms with E-state index in [1.165, 1.54) is 12.1 Å². The van der Waals surface area contributed by atoms with Gasteiger partial charge in [0.15, 0.2) is 5.17 Å². The van der Waals surface area contributed by atoms with E-state index < -0.39 is 36.3 Å². The molecule has 0 unspecified atom stereocenters. The van der Waals surface area contributed by atoms with Crippen LogP contribution in [0.4, 0.5) is 41.2 Å². The zero-order chi connectivity index (χ0) is 23.7. The van der Waals surface area contributed by atoms with Crippen molar-refractivity contribution in [2.75, 3.05) is 17.3 Å².